The van der Waals surface area contributed by atoms with Crippen LogP contribution in [0.5, 0.6) is 0 Å². The van der Waals surface area contributed by atoms with E-state index in [1.807, 2.05) is 24.3 Å². The molecule has 1 N–H and O–H groups in total. The van der Waals surface area contributed by atoms with Gasteiger partial charge >= 0.3 is 6.09 Å². The third kappa shape index (κ3) is 6.10. The van der Waals surface area contributed by atoms with Crippen LogP contribution in [0.3, 0.4) is 0 Å². The van der Waals surface area contributed by atoms with Crippen molar-refractivity contribution in [1.82, 2.24) is 5.32 Å². The van der Waals surface area contributed by atoms with Gasteiger partial charge in [0, 0.05) is 18.9 Å². The summed E-state index contributed by atoms with van der Waals surface area (Å²) in [5.74, 6) is 0.267. The number of hydrogen-bond donors (Lipinski definition) is 1. The SMILES string of the molecule is C=CCC(COC(=O)NCCC=O)c1ccccc1C(C)C=C. The lowest BCUT2D eigenvalue weighted by molar-refractivity contribution is -0.107. The Morgan fingerprint density at radius 1 is 1.30 bits per heavy atom. The number of nitrogens with one attached hydrogen (secondary N) is 1. The zero-order valence-corrected chi connectivity index (χ0v) is 13.7. The molecule has 0 aromatic heterocycles. The third-order valence-corrected chi connectivity index (χ3v) is 3.68. The van der Waals surface area contributed by atoms with Crippen molar-refractivity contribution in [3.05, 3.63) is 60.7 Å². The van der Waals surface area contributed by atoms with E-state index in [1.165, 1.54) is 5.56 Å². The molecule has 0 fully saturated rings. The lowest BCUT2D eigenvalue weighted by Gasteiger charge is -2.21. The lowest BCUT2D eigenvalue weighted by atomic mass is 9.87. The fourth-order valence-corrected chi connectivity index (χ4v) is 2.37. The van der Waals surface area contributed by atoms with Crippen LogP contribution in [0.25, 0.3) is 0 Å². The molecule has 23 heavy (non-hydrogen) atoms. The molecule has 1 amide bonds. The van der Waals surface area contributed by atoms with Crippen LogP contribution in [0.2, 0.25) is 0 Å². The van der Waals surface area contributed by atoms with E-state index in [0.717, 1.165) is 11.8 Å². The number of ether oxygens (including phenoxy) is 1. The molecule has 0 radical (unpaired) electrons. The molecular weight excluding hydrogens is 290 g/mol. The van der Waals surface area contributed by atoms with Crippen molar-refractivity contribution in [2.24, 2.45) is 0 Å². The standard InChI is InChI=1S/C19H25NO3/c1-4-9-16(14-23-19(22)20-12-8-13-21)18-11-7-6-10-17(18)15(3)5-2/h4-7,10-11,13,15-16H,1-2,8-9,12,14H2,3H3,(H,20,22). The van der Waals surface area contributed by atoms with E-state index in [2.05, 4.69) is 37.5 Å². The first kappa shape index (κ1) is 18.7. The summed E-state index contributed by atoms with van der Waals surface area (Å²) in [7, 11) is 0. The molecule has 4 heteroatoms. The van der Waals surface area contributed by atoms with Gasteiger partial charge in [-0.3, -0.25) is 0 Å². The smallest absolute Gasteiger partial charge is 0.407 e. The highest BCUT2D eigenvalue weighted by Crippen LogP contribution is 2.29. The summed E-state index contributed by atoms with van der Waals surface area (Å²) >= 11 is 0. The topological polar surface area (TPSA) is 55.4 Å². The minimum absolute atomic E-state index is 0.0444. The number of aldehydes is 1. The van der Waals surface area contributed by atoms with Gasteiger partial charge in [0.25, 0.3) is 0 Å². The quantitative estimate of drug-likeness (QED) is 0.404. The van der Waals surface area contributed by atoms with Gasteiger partial charge in [-0.25, -0.2) is 4.79 Å². The maximum absolute atomic E-state index is 11.6. The summed E-state index contributed by atoms with van der Waals surface area (Å²) in [6.45, 7) is 10.3. The highest BCUT2D eigenvalue weighted by atomic mass is 16.5. The molecule has 1 aromatic rings. The second-order valence-electron chi connectivity index (χ2n) is 5.36. The Balaban J connectivity index is 2.78. The van der Waals surface area contributed by atoms with E-state index in [1.54, 1.807) is 0 Å². The van der Waals surface area contributed by atoms with Gasteiger partial charge in [0.2, 0.25) is 0 Å². The van der Waals surface area contributed by atoms with Gasteiger partial charge in [0.05, 0.1) is 0 Å². The number of rotatable bonds is 10. The predicted molar refractivity (Wildman–Crippen MR) is 92.6 cm³/mol. The van der Waals surface area contributed by atoms with Crippen LogP contribution in [0.1, 0.15) is 42.7 Å². The number of allylic oxidation sites excluding steroid dienone is 2. The van der Waals surface area contributed by atoms with E-state index < -0.39 is 6.09 Å². The number of alkyl carbamates (subject to hydrolysis) is 1. The van der Waals surface area contributed by atoms with Crippen molar-refractivity contribution in [2.75, 3.05) is 13.2 Å². The number of carbonyl (C=O) groups excluding carboxylic acids is 2. The first-order valence-corrected chi connectivity index (χ1v) is 7.80. The van der Waals surface area contributed by atoms with Crippen LogP contribution in [0.15, 0.2) is 49.6 Å². The minimum Gasteiger partial charge on any atom is -0.449 e. The largest absolute Gasteiger partial charge is 0.449 e. The van der Waals surface area contributed by atoms with Crippen molar-refractivity contribution in [1.29, 1.82) is 0 Å². The summed E-state index contributed by atoms with van der Waals surface area (Å²) in [6.07, 6.45) is 4.97. The molecule has 0 spiro atoms. The number of amides is 1. The fraction of sp³-hybridized carbons (Fsp3) is 0.368. The molecule has 4 nitrogen and oxygen atoms in total. The van der Waals surface area contributed by atoms with Crippen molar-refractivity contribution < 1.29 is 14.3 Å². The maximum Gasteiger partial charge on any atom is 0.407 e. The van der Waals surface area contributed by atoms with E-state index >= 15 is 0 Å². The Hall–Kier alpha value is -2.36. The van der Waals surface area contributed by atoms with Crippen LogP contribution < -0.4 is 5.32 Å². The maximum atomic E-state index is 11.6. The van der Waals surface area contributed by atoms with E-state index in [9.17, 15) is 9.59 Å². The van der Waals surface area contributed by atoms with Crippen molar-refractivity contribution >= 4 is 12.4 Å². The summed E-state index contributed by atoms with van der Waals surface area (Å²) < 4.78 is 5.29. The van der Waals surface area contributed by atoms with Gasteiger partial charge in [-0.05, 0) is 23.5 Å². The summed E-state index contributed by atoms with van der Waals surface area (Å²) in [5, 5.41) is 2.55. The zero-order chi connectivity index (χ0) is 17.1. The molecule has 124 valence electrons. The zero-order valence-electron chi connectivity index (χ0n) is 13.7. The molecule has 0 aliphatic rings. The van der Waals surface area contributed by atoms with Gasteiger partial charge in [-0.2, -0.15) is 0 Å². The highest BCUT2D eigenvalue weighted by Gasteiger charge is 2.18. The summed E-state index contributed by atoms with van der Waals surface area (Å²) in [5.41, 5.74) is 2.32. The van der Waals surface area contributed by atoms with Crippen LogP contribution in [-0.4, -0.2) is 25.5 Å². The monoisotopic (exact) mass is 315 g/mol. The van der Waals surface area contributed by atoms with Gasteiger partial charge in [-0.15, -0.1) is 13.2 Å². The van der Waals surface area contributed by atoms with Gasteiger partial charge in [0.1, 0.15) is 12.9 Å². The van der Waals surface area contributed by atoms with Crippen molar-refractivity contribution in [3.63, 3.8) is 0 Å². The summed E-state index contributed by atoms with van der Waals surface area (Å²) in [4.78, 5) is 21.9. The second-order valence-corrected chi connectivity index (χ2v) is 5.36. The Kier molecular flexibility index (Phi) is 8.43. The molecule has 2 unspecified atom stereocenters. The summed E-state index contributed by atoms with van der Waals surface area (Å²) in [6, 6.07) is 8.10. The Bertz CT molecular complexity index is 539. The Morgan fingerprint density at radius 3 is 2.61 bits per heavy atom. The second kappa shape index (κ2) is 10.4. The fourth-order valence-electron chi connectivity index (χ4n) is 2.37. The number of benzene rings is 1. The van der Waals surface area contributed by atoms with Crippen LogP contribution >= 0.6 is 0 Å². The van der Waals surface area contributed by atoms with E-state index in [4.69, 9.17) is 4.74 Å². The van der Waals surface area contributed by atoms with Crippen molar-refractivity contribution in [2.45, 2.75) is 31.6 Å². The molecule has 1 aromatic carbocycles. The first-order chi connectivity index (χ1) is 11.1. The average Bonchev–Trinajstić information content (AvgIpc) is 2.58. The van der Waals surface area contributed by atoms with E-state index in [-0.39, 0.29) is 24.9 Å². The Morgan fingerprint density at radius 2 is 2.00 bits per heavy atom. The number of hydrogen-bond acceptors (Lipinski definition) is 3. The molecular formula is C19H25NO3. The molecule has 0 saturated heterocycles. The van der Waals surface area contributed by atoms with Crippen LogP contribution in [0, 0.1) is 0 Å². The molecule has 0 aliphatic heterocycles. The average molecular weight is 315 g/mol. The highest BCUT2D eigenvalue weighted by molar-refractivity contribution is 5.67. The van der Waals surface area contributed by atoms with Gasteiger partial charge < -0.3 is 14.8 Å². The molecule has 0 heterocycles. The van der Waals surface area contributed by atoms with Crippen molar-refractivity contribution in [3.8, 4) is 0 Å². The van der Waals surface area contributed by atoms with E-state index in [0.29, 0.717) is 13.0 Å². The van der Waals surface area contributed by atoms with Crippen LogP contribution in [0.4, 0.5) is 4.79 Å². The number of carbonyl (C=O) groups is 2. The minimum atomic E-state index is -0.504. The normalized spacial score (nSPS) is 12.7. The molecule has 0 saturated carbocycles. The lowest BCUT2D eigenvalue weighted by Crippen LogP contribution is -2.27. The predicted octanol–water partition coefficient (Wildman–Crippen LogP) is 3.95. The molecule has 2 atom stereocenters. The molecule has 0 bridgehead atoms. The third-order valence-electron chi connectivity index (χ3n) is 3.68. The van der Waals surface area contributed by atoms with Gasteiger partial charge in [-0.1, -0.05) is 43.3 Å². The molecule has 1 rings (SSSR count). The first-order valence-electron chi connectivity index (χ1n) is 7.80. The van der Waals surface area contributed by atoms with Gasteiger partial charge in [0.15, 0.2) is 0 Å². The molecule has 0 aliphatic carbocycles. The Labute approximate surface area is 138 Å². The van der Waals surface area contributed by atoms with Crippen LogP contribution in [-0.2, 0) is 9.53 Å².